The van der Waals surface area contributed by atoms with Gasteiger partial charge in [0.2, 0.25) is 5.91 Å². The van der Waals surface area contributed by atoms with Gasteiger partial charge in [-0.25, -0.2) is 0 Å². The lowest BCUT2D eigenvalue weighted by molar-refractivity contribution is -0.117. The number of halogens is 1. The van der Waals surface area contributed by atoms with Crippen LogP contribution in [0.25, 0.3) is 0 Å². The van der Waals surface area contributed by atoms with Gasteiger partial charge in [-0.15, -0.1) is 0 Å². The molecule has 1 saturated carbocycles. The smallest absolute Gasteiger partial charge is 0.253 e. The summed E-state index contributed by atoms with van der Waals surface area (Å²) in [7, 11) is 0. The molecular weight excluding hydrogens is 302 g/mol. The number of nitrogens with one attached hydrogen (secondary N) is 2. The Morgan fingerprint density at radius 1 is 1.27 bits per heavy atom. The second-order valence-corrected chi connectivity index (χ2v) is 6.19. The third-order valence-electron chi connectivity index (χ3n) is 3.83. The minimum atomic E-state index is -0.616. The second-order valence-electron chi connectivity index (χ2n) is 5.78. The van der Waals surface area contributed by atoms with Gasteiger partial charge in [0, 0.05) is 11.7 Å². The van der Waals surface area contributed by atoms with E-state index in [1.807, 2.05) is 0 Å². The maximum Gasteiger partial charge on any atom is 0.253 e. The van der Waals surface area contributed by atoms with E-state index in [0.29, 0.717) is 16.3 Å². The van der Waals surface area contributed by atoms with Gasteiger partial charge in [0.25, 0.3) is 5.91 Å². The van der Waals surface area contributed by atoms with Gasteiger partial charge in [-0.3, -0.25) is 9.59 Å². The minimum absolute atomic E-state index is 0.200. The molecule has 120 valence electrons. The number of benzene rings is 1. The van der Waals surface area contributed by atoms with Gasteiger partial charge in [0.15, 0.2) is 0 Å². The van der Waals surface area contributed by atoms with Gasteiger partial charge in [0.1, 0.15) is 0 Å². The van der Waals surface area contributed by atoms with Crippen molar-refractivity contribution in [1.29, 1.82) is 0 Å². The Hall–Kier alpha value is -1.59. The maximum atomic E-state index is 12.4. The van der Waals surface area contributed by atoms with Crippen molar-refractivity contribution in [2.45, 2.75) is 51.1 Å². The predicted octanol–water partition coefficient (Wildman–Crippen LogP) is 2.69. The largest absolute Gasteiger partial charge is 0.349 e. The van der Waals surface area contributed by atoms with Crippen molar-refractivity contribution >= 4 is 29.1 Å². The highest BCUT2D eigenvalue weighted by Crippen LogP contribution is 2.22. The third-order valence-corrected chi connectivity index (χ3v) is 4.16. The molecule has 0 saturated heterocycles. The molecule has 1 aromatic rings. The van der Waals surface area contributed by atoms with Gasteiger partial charge in [-0.1, -0.05) is 30.9 Å². The summed E-state index contributed by atoms with van der Waals surface area (Å²) in [5.41, 5.74) is 6.40. The van der Waals surface area contributed by atoms with E-state index in [2.05, 4.69) is 10.6 Å². The Balaban J connectivity index is 2.08. The van der Waals surface area contributed by atoms with Crippen molar-refractivity contribution < 1.29 is 9.59 Å². The lowest BCUT2D eigenvalue weighted by atomic mass is 9.95. The molecular formula is C16H22ClN3O2. The molecule has 1 aromatic carbocycles. The third kappa shape index (κ3) is 4.45. The Kier molecular flexibility index (Phi) is 5.80. The molecule has 0 spiro atoms. The van der Waals surface area contributed by atoms with Crippen molar-refractivity contribution in [2.24, 2.45) is 5.73 Å². The van der Waals surface area contributed by atoms with Crippen LogP contribution in [0.1, 0.15) is 49.4 Å². The summed E-state index contributed by atoms with van der Waals surface area (Å²) >= 11 is 6.11. The minimum Gasteiger partial charge on any atom is -0.349 e. The highest BCUT2D eigenvalue weighted by Gasteiger charge is 2.19. The number of carbonyl (C=O) groups is 2. The Labute approximate surface area is 135 Å². The first-order valence-electron chi connectivity index (χ1n) is 7.64. The summed E-state index contributed by atoms with van der Waals surface area (Å²) in [6, 6.07) is 4.43. The van der Waals surface area contributed by atoms with Crippen LogP contribution < -0.4 is 16.4 Å². The zero-order valence-electron chi connectivity index (χ0n) is 12.7. The van der Waals surface area contributed by atoms with E-state index in [9.17, 15) is 9.59 Å². The molecule has 5 nitrogen and oxygen atoms in total. The normalized spacial score (nSPS) is 16.9. The highest BCUT2D eigenvalue weighted by molar-refractivity contribution is 6.34. The van der Waals surface area contributed by atoms with Crippen LogP contribution in [0.3, 0.4) is 0 Å². The standard InChI is InChI=1S/C16H22ClN3O2/c1-10(18)15(21)20-12-7-8-14(17)13(9-12)16(22)19-11-5-3-2-4-6-11/h7-11H,2-6,18H2,1H3,(H,19,22)(H,20,21)/t10-/m0/s1. The van der Waals surface area contributed by atoms with Gasteiger partial charge in [0.05, 0.1) is 16.6 Å². The van der Waals surface area contributed by atoms with Gasteiger partial charge in [-0.05, 0) is 38.0 Å². The Morgan fingerprint density at radius 3 is 2.59 bits per heavy atom. The molecule has 0 aliphatic heterocycles. The van der Waals surface area contributed by atoms with Crippen molar-refractivity contribution in [3.05, 3.63) is 28.8 Å². The summed E-state index contributed by atoms with van der Waals surface area (Å²) in [5, 5.41) is 6.05. The number of carbonyl (C=O) groups excluding carboxylic acids is 2. The van der Waals surface area contributed by atoms with Crippen LogP contribution in [0.4, 0.5) is 5.69 Å². The molecule has 4 N–H and O–H groups in total. The monoisotopic (exact) mass is 323 g/mol. The molecule has 1 atom stereocenters. The summed E-state index contributed by atoms with van der Waals surface area (Å²) in [6.07, 6.45) is 5.52. The number of hydrogen-bond donors (Lipinski definition) is 3. The molecule has 1 aliphatic carbocycles. The van der Waals surface area contributed by atoms with Crippen molar-refractivity contribution in [3.8, 4) is 0 Å². The maximum absolute atomic E-state index is 12.4. The lowest BCUT2D eigenvalue weighted by Gasteiger charge is -2.23. The highest BCUT2D eigenvalue weighted by atomic mass is 35.5. The fourth-order valence-electron chi connectivity index (χ4n) is 2.54. The number of amides is 2. The number of hydrogen-bond acceptors (Lipinski definition) is 3. The topological polar surface area (TPSA) is 84.2 Å². The first kappa shape index (κ1) is 16.8. The van der Waals surface area contributed by atoms with Crippen molar-refractivity contribution in [1.82, 2.24) is 5.32 Å². The van der Waals surface area contributed by atoms with Crippen LogP contribution in [0.15, 0.2) is 18.2 Å². The summed E-state index contributed by atoms with van der Waals surface area (Å²) < 4.78 is 0. The molecule has 0 radical (unpaired) electrons. The SMILES string of the molecule is C[C@H](N)C(=O)Nc1ccc(Cl)c(C(=O)NC2CCCCC2)c1. The first-order chi connectivity index (χ1) is 10.5. The van der Waals surface area contributed by atoms with E-state index >= 15 is 0 Å². The number of nitrogens with two attached hydrogens (primary N) is 1. The van der Waals surface area contributed by atoms with E-state index in [0.717, 1.165) is 25.7 Å². The van der Waals surface area contributed by atoms with Crippen molar-refractivity contribution in [3.63, 3.8) is 0 Å². The molecule has 0 unspecified atom stereocenters. The summed E-state index contributed by atoms with van der Waals surface area (Å²) in [4.78, 5) is 24.0. The van der Waals surface area contributed by atoms with Crippen LogP contribution in [-0.4, -0.2) is 23.9 Å². The fourth-order valence-corrected chi connectivity index (χ4v) is 2.75. The van der Waals surface area contributed by atoms with Gasteiger partial charge in [-0.2, -0.15) is 0 Å². The van der Waals surface area contributed by atoms with E-state index in [1.54, 1.807) is 25.1 Å². The summed E-state index contributed by atoms with van der Waals surface area (Å²) in [6.45, 7) is 1.60. The van der Waals surface area contributed by atoms with Crippen LogP contribution in [-0.2, 0) is 4.79 Å². The van der Waals surface area contributed by atoms with E-state index in [4.69, 9.17) is 17.3 Å². The number of rotatable bonds is 4. The van der Waals surface area contributed by atoms with Crippen LogP contribution in [0, 0.1) is 0 Å². The number of anilines is 1. The Bertz CT molecular complexity index is 554. The second kappa shape index (κ2) is 7.61. The van der Waals surface area contributed by atoms with E-state index in [1.165, 1.54) is 6.42 Å². The lowest BCUT2D eigenvalue weighted by Crippen LogP contribution is -2.36. The van der Waals surface area contributed by atoms with E-state index < -0.39 is 6.04 Å². The first-order valence-corrected chi connectivity index (χ1v) is 8.02. The molecule has 2 rings (SSSR count). The average Bonchev–Trinajstić information content (AvgIpc) is 2.50. The fraction of sp³-hybridized carbons (Fsp3) is 0.500. The van der Waals surface area contributed by atoms with Crippen LogP contribution >= 0.6 is 11.6 Å². The molecule has 0 aromatic heterocycles. The Morgan fingerprint density at radius 2 is 1.95 bits per heavy atom. The molecule has 0 heterocycles. The van der Waals surface area contributed by atoms with Gasteiger partial charge < -0.3 is 16.4 Å². The van der Waals surface area contributed by atoms with E-state index in [-0.39, 0.29) is 17.9 Å². The van der Waals surface area contributed by atoms with Crippen molar-refractivity contribution in [2.75, 3.05) is 5.32 Å². The molecule has 0 bridgehead atoms. The van der Waals surface area contributed by atoms with Crippen LogP contribution in [0.2, 0.25) is 5.02 Å². The molecule has 6 heteroatoms. The predicted molar refractivity (Wildman–Crippen MR) is 88.1 cm³/mol. The molecule has 22 heavy (non-hydrogen) atoms. The summed E-state index contributed by atoms with van der Waals surface area (Å²) in [5.74, 6) is -0.505. The quantitative estimate of drug-likeness (QED) is 0.796. The zero-order chi connectivity index (χ0) is 16.1. The average molecular weight is 324 g/mol. The molecule has 2 amide bonds. The van der Waals surface area contributed by atoms with Crippen LogP contribution in [0.5, 0.6) is 0 Å². The molecule has 1 fully saturated rings. The molecule has 1 aliphatic rings. The van der Waals surface area contributed by atoms with Gasteiger partial charge >= 0.3 is 0 Å². The zero-order valence-corrected chi connectivity index (χ0v) is 13.5.